The van der Waals surface area contributed by atoms with Gasteiger partial charge in [0.25, 0.3) is 5.91 Å². The van der Waals surface area contributed by atoms with Crippen molar-refractivity contribution in [2.24, 2.45) is 0 Å². The quantitative estimate of drug-likeness (QED) is 0.644. The average molecular weight is 451 g/mol. The number of amides is 2. The number of benzene rings is 2. The fraction of sp³-hybridized carbons (Fsp3) is 0.391. The first-order chi connectivity index (χ1) is 14.0. The second-order valence-corrected chi connectivity index (χ2v) is 9.12. The Kier molecular flexibility index (Phi) is 8.16. The lowest BCUT2D eigenvalue weighted by Crippen LogP contribution is -2.53. The number of hydrogen-bond donors (Lipinski definition) is 1. The Morgan fingerprint density at radius 2 is 1.83 bits per heavy atom. The smallest absolute Gasteiger partial charge is 0.261 e. The van der Waals surface area contributed by atoms with E-state index in [9.17, 15) is 9.59 Å². The van der Waals surface area contributed by atoms with Gasteiger partial charge in [-0.25, -0.2) is 0 Å². The van der Waals surface area contributed by atoms with Crippen LogP contribution in [0.1, 0.15) is 38.8 Å². The molecule has 2 aromatic carbocycles. The highest BCUT2D eigenvalue weighted by atomic mass is 35.5. The molecule has 0 aromatic heterocycles. The van der Waals surface area contributed by atoms with E-state index in [2.05, 4.69) is 5.32 Å². The van der Waals surface area contributed by atoms with Crippen molar-refractivity contribution in [3.63, 3.8) is 0 Å². The molecule has 0 saturated heterocycles. The molecule has 30 heavy (non-hydrogen) atoms. The topological polar surface area (TPSA) is 58.6 Å². The third-order valence-electron chi connectivity index (χ3n) is 4.37. The molecule has 0 aliphatic heterocycles. The normalized spacial score (nSPS) is 12.2. The lowest BCUT2D eigenvalue weighted by molar-refractivity contribution is -0.142. The highest BCUT2D eigenvalue weighted by molar-refractivity contribution is 6.35. The van der Waals surface area contributed by atoms with E-state index >= 15 is 0 Å². The molecule has 0 spiro atoms. The molecule has 7 heteroatoms. The van der Waals surface area contributed by atoms with Gasteiger partial charge >= 0.3 is 0 Å². The van der Waals surface area contributed by atoms with E-state index in [1.807, 2.05) is 45.9 Å². The van der Waals surface area contributed by atoms with Crippen LogP contribution in [0.5, 0.6) is 5.75 Å². The van der Waals surface area contributed by atoms with Crippen LogP contribution in [0.4, 0.5) is 0 Å². The third-order valence-corrected chi connectivity index (χ3v) is 4.96. The number of nitrogens with one attached hydrogen (secondary N) is 1. The molecule has 0 radical (unpaired) electrons. The number of hydrogen-bond acceptors (Lipinski definition) is 3. The van der Waals surface area contributed by atoms with Crippen molar-refractivity contribution in [2.45, 2.75) is 52.7 Å². The summed E-state index contributed by atoms with van der Waals surface area (Å²) in [5.74, 6) is 0.0233. The van der Waals surface area contributed by atoms with Gasteiger partial charge in [-0.3, -0.25) is 9.59 Å². The zero-order valence-electron chi connectivity index (χ0n) is 18.0. The molecular formula is C23H28Cl2N2O3. The maximum atomic E-state index is 13.0. The van der Waals surface area contributed by atoms with Gasteiger partial charge in [0.2, 0.25) is 5.91 Å². The number of halogens is 2. The summed E-state index contributed by atoms with van der Waals surface area (Å²) in [6.45, 7) is 9.27. The lowest BCUT2D eigenvalue weighted by atomic mass is 10.1. The summed E-state index contributed by atoms with van der Waals surface area (Å²) in [6.07, 6.45) is 0. The molecule has 0 fully saturated rings. The predicted molar refractivity (Wildman–Crippen MR) is 121 cm³/mol. The SMILES string of the molecule is Cc1cccc(OCC(=O)N(Cc2ccc(Cl)cc2Cl)[C@@H](C)C(=O)NC(C)(C)C)c1. The standard InChI is InChI=1S/C23H28Cl2N2O3/c1-15-7-6-8-19(11-15)30-14-21(28)27(16(2)22(29)26-23(3,4)5)13-17-9-10-18(24)12-20(17)25/h6-12,16H,13-14H2,1-5H3,(H,26,29)/t16-/m0/s1. The van der Waals surface area contributed by atoms with Crippen LogP contribution in [0.3, 0.4) is 0 Å². The number of ether oxygens (including phenoxy) is 1. The summed E-state index contributed by atoms with van der Waals surface area (Å²) < 4.78 is 5.67. The Morgan fingerprint density at radius 1 is 1.13 bits per heavy atom. The summed E-state index contributed by atoms with van der Waals surface area (Å²) in [4.78, 5) is 27.3. The van der Waals surface area contributed by atoms with Gasteiger partial charge < -0.3 is 15.0 Å². The van der Waals surface area contributed by atoms with Gasteiger partial charge in [-0.15, -0.1) is 0 Å². The third kappa shape index (κ3) is 7.22. The van der Waals surface area contributed by atoms with E-state index in [4.69, 9.17) is 27.9 Å². The molecule has 5 nitrogen and oxygen atoms in total. The van der Waals surface area contributed by atoms with Gasteiger partial charge in [-0.1, -0.05) is 41.4 Å². The van der Waals surface area contributed by atoms with Crippen molar-refractivity contribution in [1.29, 1.82) is 0 Å². The first-order valence-corrected chi connectivity index (χ1v) is 10.5. The molecular weight excluding hydrogens is 423 g/mol. The Hall–Kier alpha value is -2.24. The van der Waals surface area contributed by atoms with Gasteiger partial charge in [0.15, 0.2) is 6.61 Å². The van der Waals surface area contributed by atoms with Crippen LogP contribution in [-0.4, -0.2) is 34.9 Å². The number of aryl methyl sites for hydroxylation is 1. The summed E-state index contributed by atoms with van der Waals surface area (Å²) >= 11 is 12.3. The van der Waals surface area contributed by atoms with Crippen LogP contribution < -0.4 is 10.1 Å². The second kappa shape index (κ2) is 10.2. The largest absolute Gasteiger partial charge is 0.484 e. The van der Waals surface area contributed by atoms with Crippen molar-refractivity contribution < 1.29 is 14.3 Å². The number of nitrogens with zero attached hydrogens (tertiary/aromatic N) is 1. The molecule has 2 rings (SSSR count). The first-order valence-electron chi connectivity index (χ1n) is 9.71. The number of rotatable bonds is 7. The van der Waals surface area contributed by atoms with Crippen molar-refractivity contribution >= 4 is 35.0 Å². The molecule has 2 aromatic rings. The fourth-order valence-corrected chi connectivity index (χ4v) is 3.29. The van der Waals surface area contributed by atoms with Gasteiger partial charge in [-0.2, -0.15) is 0 Å². The summed E-state index contributed by atoms with van der Waals surface area (Å²) in [7, 11) is 0. The van der Waals surface area contributed by atoms with Crippen molar-refractivity contribution in [2.75, 3.05) is 6.61 Å². The van der Waals surface area contributed by atoms with E-state index in [-0.39, 0.29) is 25.0 Å². The van der Waals surface area contributed by atoms with Crippen molar-refractivity contribution in [3.8, 4) is 5.75 Å². The number of carbonyl (C=O) groups excluding carboxylic acids is 2. The van der Waals surface area contributed by atoms with E-state index in [1.54, 1.807) is 31.2 Å². The Balaban J connectivity index is 2.22. The van der Waals surface area contributed by atoms with E-state index in [0.717, 1.165) is 5.56 Å². The van der Waals surface area contributed by atoms with E-state index in [1.165, 1.54) is 4.90 Å². The van der Waals surface area contributed by atoms with Crippen LogP contribution >= 0.6 is 23.2 Å². The Bertz CT molecular complexity index is 910. The van der Waals surface area contributed by atoms with Gasteiger partial charge in [0.05, 0.1) is 0 Å². The Morgan fingerprint density at radius 3 is 2.43 bits per heavy atom. The van der Waals surface area contributed by atoms with Crippen LogP contribution in [0.2, 0.25) is 10.0 Å². The average Bonchev–Trinajstić information content (AvgIpc) is 2.63. The number of carbonyl (C=O) groups is 2. The predicted octanol–water partition coefficient (Wildman–Crippen LogP) is 5.01. The summed E-state index contributed by atoms with van der Waals surface area (Å²) in [5, 5.41) is 3.85. The van der Waals surface area contributed by atoms with Gasteiger partial charge in [0.1, 0.15) is 11.8 Å². The summed E-state index contributed by atoms with van der Waals surface area (Å²) in [5.41, 5.74) is 1.30. The molecule has 0 saturated carbocycles. The first kappa shape index (κ1) is 24.0. The zero-order chi connectivity index (χ0) is 22.5. The van der Waals surface area contributed by atoms with Crippen LogP contribution in [0.25, 0.3) is 0 Å². The van der Waals surface area contributed by atoms with Crippen LogP contribution in [0, 0.1) is 6.92 Å². The maximum absolute atomic E-state index is 13.0. The van der Waals surface area contributed by atoms with Gasteiger partial charge in [-0.05, 0) is 70.0 Å². The second-order valence-electron chi connectivity index (χ2n) is 8.28. The van der Waals surface area contributed by atoms with E-state index in [0.29, 0.717) is 21.4 Å². The zero-order valence-corrected chi connectivity index (χ0v) is 19.5. The van der Waals surface area contributed by atoms with Crippen LogP contribution in [0.15, 0.2) is 42.5 Å². The van der Waals surface area contributed by atoms with Crippen LogP contribution in [-0.2, 0) is 16.1 Å². The highest BCUT2D eigenvalue weighted by Gasteiger charge is 2.29. The molecule has 0 unspecified atom stereocenters. The fourth-order valence-electron chi connectivity index (χ4n) is 2.82. The summed E-state index contributed by atoms with van der Waals surface area (Å²) in [6, 6.07) is 11.8. The monoisotopic (exact) mass is 450 g/mol. The van der Waals surface area contributed by atoms with Crippen molar-refractivity contribution in [3.05, 3.63) is 63.6 Å². The van der Waals surface area contributed by atoms with Crippen molar-refractivity contribution in [1.82, 2.24) is 10.2 Å². The molecule has 162 valence electrons. The minimum atomic E-state index is -0.718. The van der Waals surface area contributed by atoms with E-state index < -0.39 is 11.6 Å². The highest BCUT2D eigenvalue weighted by Crippen LogP contribution is 2.23. The molecule has 0 aliphatic rings. The minimum absolute atomic E-state index is 0.157. The minimum Gasteiger partial charge on any atom is -0.484 e. The molecule has 0 bridgehead atoms. The molecule has 1 N–H and O–H groups in total. The Labute approximate surface area is 188 Å². The molecule has 2 amide bonds. The lowest BCUT2D eigenvalue weighted by Gasteiger charge is -2.31. The molecule has 0 aliphatic carbocycles. The molecule has 0 heterocycles. The van der Waals surface area contributed by atoms with Gasteiger partial charge in [0, 0.05) is 22.1 Å². The molecule has 1 atom stereocenters. The maximum Gasteiger partial charge on any atom is 0.261 e.